The third-order valence-electron chi connectivity index (χ3n) is 5.10. The lowest BCUT2D eigenvalue weighted by atomic mass is 9.93. The molecule has 10 heteroatoms. The van der Waals surface area contributed by atoms with Crippen LogP contribution in [0.25, 0.3) is 0 Å². The van der Waals surface area contributed by atoms with E-state index in [1.165, 1.54) is 5.56 Å². The van der Waals surface area contributed by atoms with Crippen LogP contribution in [0.4, 0.5) is 0 Å². The zero-order chi connectivity index (χ0) is 23.1. The van der Waals surface area contributed by atoms with Gasteiger partial charge in [0.15, 0.2) is 11.5 Å². The van der Waals surface area contributed by atoms with E-state index >= 15 is 0 Å². The summed E-state index contributed by atoms with van der Waals surface area (Å²) in [5, 5.41) is 11.8. The first-order valence-corrected chi connectivity index (χ1v) is 10.8. The number of benzene rings is 1. The monoisotopic (exact) mass is 461 g/mol. The van der Waals surface area contributed by atoms with Crippen LogP contribution >= 0.6 is 11.6 Å². The molecule has 9 nitrogen and oxygen atoms in total. The van der Waals surface area contributed by atoms with Crippen LogP contribution < -0.4 is 9.47 Å². The number of aromatic amines is 1. The van der Waals surface area contributed by atoms with Crippen molar-refractivity contribution in [3.8, 4) is 11.5 Å². The third-order valence-corrected chi connectivity index (χ3v) is 5.38. The number of fused-ring (bicyclic) bond motifs is 1. The van der Waals surface area contributed by atoms with Crippen molar-refractivity contribution in [2.75, 3.05) is 19.8 Å². The topological polar surface area (TPSA) is 106 Å². The van der Waals surface area contributed by atoms with E-state index in [0.29, 0.717) is 29.7 Å². The SMILES string of the molecule is CCOc1cc(CN2Cc3[nH]cnc3C(c3cnn(C)c3)C2)cc(Cl)c1OCC.O=CO. The fraction of sp³-hybridized carbons (Fsp3) is 0.409. The number of nitrogens with one attached hydrogen (secondary N) is 1. The molecule has 4 rings (SSSR count). The van der Waals surface area contributed by atoms with Gasteiger partial charge < -0.3 is 19.6 Å². The Morgan fingerprint density at radius 2 is 2.06 bits per heavy atom. The number of carbonyl (C=O) groups is 1. The normalized spacial score (nSPS) is 15.4. The van der Waals surface area contributed by atoms with E-state index in [0.717, 1.165) is 36.6 Å². The summed E-state index contributed by atoms with van der Waals surface area (Å²) in [6.45, 7) is 7.17. The molecule has 0 saturated heterocycles. The molecule has 0 saturated carbocycles. The van der Waals surface area contributed by atoms with Gasteiger partial charge in [0, 0.05) is 44.4 Å². The van der Waals surface area contributed by atoms with E-state index in [1.807, 2.05) is 43.9 Å². The van der Waals surface area contributed by atoms with Crippen LogP contribution in [0, 0.1) is 0 Å². The highest BCUT2D eigenvalue weighted by Crippen LogP contribution is 2.38. The highest BCUT2D eigenvalue weighted by molar-refractivity contribution is 6.32. The van der Waals surface area contributed by atoms with Gasteiger partial charge in [-0.05, 0) is 31.5 Å². The molecule has 1 unspecified atom stereocenters. The van der Waals surface area contributed by atoms with E-state index in [4.69, 9.17) is 31.0 Å². The van der Waals surface area contributed by atoms with Gasteiger partial charge in [-0.1, -0.05) is 11.6 Å². The number of carboxylic acid groups (broad SMARTS) is 1. The molecule has 1 aliphatic heterocycles. The summed E-state index contributed by atoms with van der Waals surface area (Å²) < 4.78 is 13.3. The molecule has 0 amide bonds. The number of rotatable bonds is 7. The molecule has 0 aliphatic carbocycles. The third kappa shape index (κ3) is 5.41. The summed E-state index contributed by atoms with van der Waals surface area (Å²) in [4.78, 5) is 18.6. The number of halogens is 1. The molecule has 0 spiro atoms. The summed E-state index contributed by atoms with van der Waals surface area (Å²) in [6, 6.07) is 4.00. The number of imidazole rings is 1. The maximum Gasteiger partial charge on any atom is 0.290 e. The number of hydrogen-bond donors (Lipinski definition) is 2. The zero-order valence-corrected chi connectivity index (χ0v) is 19.2. The Kier molecular flexibility index (Phi) is 8.13. The second-order valence-electron chi connectivity index (χ2n) is 7.31. The lowest BCUT2D eigenvalue weighted by molar-refractivity contribution is -0.122. The predicted octanol–water partition coefficient (Wildman–Crippen LogP) is 3.44. The van der Waals surface area contributed by atoms with Gasteiger partial charge in [-0.25, -0.2) is 4.98 Å². The van der Waals surface area contributed by atoms with Crippen molar-refractivity contribution in [3.05, 3.63) is 58.4 Å². The van der Waals surface area contributed by atoms with Crippen LogP contribution in [-0.2, 0) is 24.9 Å². The Labute approximate surface area is 191 Å². The maximum atomic E-state index is 8.36. The first-order valence-electron chi connectivity index (χ1n) is 10.4. The van der Waals surface area contributed by atoms with Gasteiger partial charge in [-0.2, -0.15) is 5.10 Å². The summed E-state index contributed by atoms with van der Waals surface area (Å²) in [5.41, 5.74) is 4.52. The number of ether oxygens (including phenoxy) is 2. The minimum atomic E-state index is -0.250. The molecule has 0 bridgehead atoms. The van der Waals surface area contributed by atoms with Crippen LogP contribution in [0.3, 0.4) is 0 Å². The van der Waals surface area contributed by atoms with Crippen LogP contribution in [0.1, 0.15) is 42.3 Å². The molecule has 1 aromatic carbocycles. The van der Waals surface area contributed by atoms with Crippen molar-refractivity contribution < 1.29 is 19.4 Å². The van der Waals surface area contributed by atoms with Crippen LogP contribution in [0.5, 0.6) is 11.5 Å². The summed E-state index contributed by atoms with van der Waals surface area (Å²) >= 11 is 6.51. The molecule has 0 fully saturated rings. The fourth-order valence-electron chi connectivity index (χ4n) is 3.91. The Balaban J connectivity index is 0.000000913. The average Bonchev–Trinajstić information content (AvgIpc) is 3.40. The molecule has 0 radical (unpaired) electrons. The Hall–Kier alpha value is -3.04. The summed E-state index contributed by atoms with van der Waals surface area (Å²) in [7, 11) is 1.94. The van der Waals surface area contributed by atoms with Gasteiger partial charge >= 0.3 is 0 Å². The summed E-state index contributed by atoms with van der Waals surface area (Å²) in [5.74, 6) is 1.49. The number of aryl methyl sites for hydroxylation is 1. The molecule has 3 heterocycles. The fourth-order valence-corrected chi connectivity index (χ4v) is 4.20. The van der Waals surface area contributed by atoms with Crippen molar-refractivity contribution in [2.24, 2.45) is 7.05 Å². The van der Waals surface area contributed by atoms with Gasteiger partial charge in [0.2, 0.25) is 0 Å². The van der Waals surface area contributed by atoms with E-state index in [1.54, 1.807) is 6.33 Å². The Bertz CT molecular complexity index is 1040. The van der Waals surface area contributed by atoms with E-state index in [-0.39, 0.29) is 12.4 Å². The van der Waals surface area contributed by atoms with Crippen LogP contribution in [-0.4, -0.2) is 56.0 Å². The van der Waals surface area contributed by atoms with E-state index in [9.17, 15) is 0 Å². The molecule has 172 valence electrons. The quantitative estimate of drug-likeness (QED) is 0.519. The first kappa shape index (κ1) is 23.6. The van der Waals surface area contributed by atoms with Gasteiger partial charge in [0.25, 0.3) is 6.47 Å². The van der Waals surface area contributed by atoms with Gasteiger partial charge in [0.1, 0.15) is 0 Å². The number of nitrogens with zero attached hydrogens (tertiary/aromatic N) is 4. The zero-order valence-electron chi connectivity index (χ0n) is 18.4. The minimum absolute atomic E-state index is 0.184. The van der Waals surface area contributed by atoms with Crippen LogP contribution in [0.2, 0.25) is 5.02 Å². The van der Waals surface area contributed by atoms with E-state index in [2.05, 4.69) is 26.2 Å². The smallest absolute Gasteiger partial charge is 0.290 e. The largest absolute Gasteiger partial charge is 0.490 e. The highest BCUT2D eigenvalue weighted by atomic mass is 35.5. The Morgan fingerprint density at radius 1 is 1.31 bits per heavy atom. The van der Waals surface area contributed by atoms with Crippen molar-refractivity contribution in [2.45, 2.75) is 32.9 Å². The van der Waals surface area contributed by atoms with Crippen molar-refractivity contribution >= 4 is 18.1 Å². The number of H-pyrrole nitrogens is 1. The lowest BCUT2D eigenvalue weighted by Gasteiger charge is -2.31. The molecule has 2 aromatic heterocycles. The maximum absolute atomic E-state index is 8.36. The molecular formula is C22H28ClN5O4. The molecule has 32 heavy (non-hydrogen) atoms. The van der Waals surface area contributed by atoms with Gasteiger partial charge in [-0.3, -0.25) is 14.4 Å². The van der Waals surface area contributed by atoms with E-state index < -0.39 is 0 Å². The molecule has 3 aromatic rings. The lowest BCUT2D eigenvalue weighted by Crippen LogP contribution is -2.33. The summed E-state index contributed by atoms with van der Waals surface area (Å²) in [6.07, 6.45) is 5.76. The average molecular weight is 462 g/mol. The molecule has 2 N–H and O–H groups in total. The molecule has 1 atom stereocenters. The molecule has 1 aliphatic rings. The van der Waals surface area contributed by atoms with Crippen molar-refractivity contribution in [1.29, 1.82) is 0 Å². The van der Waals surface area contributed by atoms with Gasteiger partial charge in [0.05, 0.1) is 42.1 Å². The first-order chi connectivity index (χ1) is 15.5. The van der Waals surface area contributed by atoms with Crippen LogP contribution in [0.15, 0.2) is 30.9 Å². The van der Waals surface area contributed by atoms with Gasteiger partial charge in [-0.15, -0.1) is 0 Å². The second-order valence-corrected chi connectivity index (χ2v) is 7.72. The van der Waals surface area contributed by atoms with Crippen molar-refractivity contribution in [1.82, 2.24) is 24.6 Å². The molecular weight excluding hydrogens is 434 g/mol. The highest BCUT2D eigenvalue weighted by Gasteiger charge is 2.30. The standard InChI is InChI=1S/C21H26ClN5O2.CH2O2/c1-4-28-19-7-14(6-17(22)21(19)29-5-2)9-27-11-16(15-8-25-26(3)10-15)20-18(12-27)23-13-24-20;2-1-3/h6-8,10,13,16H,4-5,9,11-12H2,1-3H3,(H,23,24);1H,(H,2,3). The van der Waals surface area contributed by atoms with Crippen molar-refractivity contribution in [3.63, 3.8) is 0 Å². The number of aromatic nitrogens is 4. The second kappa shape index (κ2) is 11.0. The Morgan fingerprint density at radius 3 is 2.72 bits per heavy atom. The number of hydrogen-bond acceptors (Lipinski definition) is 6. The predicted molar refractivity (Wildman–Crippen MR) is 120 cm³/mol. The minimum Gasteiger partial charge on any atom is -0.490 e.